The summed E-state index contributed by atoms with van der Waals surface area (Å²) in [7, 11) is 3.43. The van der Waals surface area contributed by atoms with Gasteiger partial charge in [0.1, 0.15) is 6.61 Å². The summed E-state index contributed by atoms with van der Waals surface area (Å²) in [5, 5.41) is 3.79. The number of nitrogens with zero attached hydrogens (tertiary/aromatic N) is 5. The fraction of sp³-hybridized carbons (Fsp3) is 0.387. The lowest BCUT2D eigenvalue weighted by Gasteiger charge is -2.41. The number of carbonyl (C=O) groups excluding carboxylic acids is 1. The molecular formula is C31H37ClN6O3. The molecule has 0 bridgehead atoms. The first-order valence-corrected chi connectivity index (χ1v) is 14.2. The van der Waals surface area contributed by atoms with E-state index in [1.54, 1.807) is 12.5 Å². The number of hydrogen-bond donors (Lipinski definition) is 1. The molecular weight excluding hydrogens is 540 g/mol. The molecule has 3 heterocycles. The number of fused-ring (bicyclic) bond motifs is 2. The minimum atomic E-state index is -0.498. The van der Waals surface area contributed by atoms with Gasteiger partial charge in [-0.25, -0.2) is 4.98 Å². The SMILES string of the molecule is C=C(OC(C)C)N1CCN([C@H]2c3ccc(Cl)cc3C(C(NC(=O)COC)c3cncn3C)=Cc3cccnc32)CC1. The third kappa shape index (κ3) is 6.17. The number of methoxy groups -OCH3 is 1. The molecule has 2 aliphatic rings. The van der Waals surface area contributed by atoms with Crippen molar-refractivity contribution in [3.63, 3.8) is 0 Å². The molecule has 1 aromatic carbocycles. The molecule has 1 saturated heterocycles. The summed E-state index contributed by atoms with van der Waals surface area (Å²) in [6.45, 7) is 11.3. The number of aromatic nitrogens is 3. The van der Waals surface area contributed by atoms with Crippen LogP contribution in [0, 0.1) is 0 Å². The zero-order chi connectivity index (χ0) is 29.1. The average molecular weight is 577 g/mol. The van der Waals surface area contributed by atoms with Crippen LogP contribution >= 0.6 is 11.6 Å². The van der Waals surface area contributed by atoms with Gasteiger partial charge >= 0.3 is 0 Å². The number of aryl methyl sites for hydroxylation is 1. The second kappa shape index (κ2) is 12.5. The van der Waals surface area contributed by atoms with Crippen LogP contribution in [-0.4, -0.2) is 76.2 Å². The number of ether oxygens (including phenoxy) is 2. The van der Waals surface area contributed by atoms with Crippen molar-refractivity contribution in [3.8, 4) is 0 Å². The lowest BCUT2D eigenvalue weighted by molar-refractivity contribution is -0.125. The summed E-state index contributed by atoms with van der Waals surface area (Å²) in [5.41, 5.74) is 5.74. The standard InChI is InChI=1S/C31H37ClN6O3/c1-20(2)41-21(3)37-11-13-38(14-12-37)31-24-9-8-23(32)16-25(24)26(15-22-7-6-10-34-29(22)31)30(35-28(39)18-40-5)27-17-33-19-36(27)4/h6-10,15-17,19-20,30-31H,3,11-14,18H2,1-2,4-5H3,(H,35,39)/t30?,31-/m0/s1. The van der Waals surface area contributed by atoms with E-state index in [4.69, 9.17) is 26.1 Å². The minimum absolute atomic E-state index is 0.0547. The lowest BCUT2D eigenvalue weighted by Crippen LogP contribution is -2.48. The molecule has 1 amide bonds. The van der Waals surface area contributed by atoms with Crippen molar-refractivity contribution < 1.29 is 14.3 Å². The molecule has 0 spiro atoms. The van der Waals surface area contributed by atoms with E-state index in [0.29, 0.717) is 10.9 Å². The van der Waals surface area contributed by atoms with Crippen LogP contribution in [0.1, 0.15) is 54.0 Å². The molecule has 2 atom stereocenters. The van der Waals surface area contributed by atoms with Gasteiger partial charge in [0.25, 0.3) is 0 Å². The molecule has 216 valence electrons. The summed E-state index contributed by atoms with van der Waals surface area (Å²) < 4.78 is 12.9. The van der Waals surface area contributed by atoms with E-state index in [2.05, 4.69) is 44.9 Å². The Hall–Kier alpha value is -3.66. The zero-order valence-corrected chi connectivity index (χ0v) is 24.8. The molecule has 3 aromatic rings. The zero-order valence-electron chi connectivity index (χ0n) is 24.0. The second-order valence-corrected chi connectivity index (χ2v) is 11.1. The molecule has 1 N–H and O–H groups in total. The van der Waals surface area contributed by atoms with Crippen molar-refractivity contribution >= 4 is 29.2 Å². The maximum atomic E-state index is 12.9. The molecule has 0 radical (unpaired) electrons. The molecule has 9 nitrogen and oxygen atoms in total. The van der Waals surface area contributed by atoms with E-state index in [-0.39, 0.29) is 24.7 Å². The van der Waals surface area contributed by atoms with Gasteiger partial charge in [0.05, 0.1) is 42.1 Å². The van der Waals surface area contributed by atoms with E-state index >= 15 is 0 Å². The Morgan fingerprint density at radius 3 is 2.68 bits per heavy atom. The average Bonchev–Trinajstić information content (AvgIpc) is 3.31. The number of nitrogens with one attached hydrogen (secondary N) is 1. The molecule has 1 aliphatic carbocycles. The first-order chi connectivity index (χ1) is 19.8. The van der Waals surface area contributed by atoms with Crippen molar-refractivity contribution in [1.29, 1.82) is 0 Å². The molecule has 0 saturated carbocycles. The highest BCUT2D eigenvalue weighted by atomic mass is 35.5. The summed E-state index contributed by atoms with van der Waals surface area (Å²) in [5.74, 6) is 0.483. The number of piperazine rings is 1. The Bertz CT molecular complexity index is 1440. The fourth-order valence-electron chi connectivity index (χ4n) is 5.66. The highest BCUT2D eigenvalue weighted by molar-refractivity contribution is 6.30. The van der Waals surface area contributed by atoms with Crippen LogP contribution in [0.3, 0.4) is 0 Å². The number of carbonyl (C=O) groups is 1. The van der Waals surface area contributed by atoms with Gasteiger partial charge in [-0.05, 0) is 67.0 Å². The van der Waals surface area contributed by atoms with Gasteiger partial charge in [-0.15, -0.1) is 0 Å². The third-order valence-corrected chi connectivity index (χ3v) is 7.74. The highest BCUT2D eigenvalue weighted by Gasteiger charge is 2.35. The van der Waals surface area contributed by atoms with Crippen molar-refractivity contribution in [2.24, 2.45) is 7.05 Å². The fourth-order valence-corrected chi connectivity index (χ4v) is 5.84. The Kier molecular flexibility index (Phi) is 8.77. The van der Waals surface area contributed by atoms with E-state index in [1.165, 1.54) is 7.11 Å². The molecule has 41 heavy (non-hydrogen) atoms. The van der Waals surface area contributed by atoms with Crippen LogP contribution in [0.25, 0.3) is 11.6 Å². The number of hydrogen-bond acceptors (Lipinski definition) is 7. The molecule has 1 fully saturated rings. The summed E-state index contributed by atoms with van der Waals surface area (Å²) in [6.07, 6.45) is 7.55. The predicted molar refractivity (Wildman–Crippen MR) is 160 cm³/mol. The van der Waals surface area contributed by atoms with Crippen LogP contribution in [0.5, 0.6) is 0 Å². The van der Waals surface area contributed by atoms with E-state index < -0.39 is 6.04 Å². The van der Waals surface area contributed by atoms with Crippen LogP contribution in [0.2, 0.25) is 5.02 Å². The van der Waals surface area contributed by atoms with Crippen LogP contribution < -0.4 is 5.32 Å². The first kappa shape index (κ1) is 28.9. The van der Waals surface area contributed by atoms with Gasteiger partial charge < -0.3 is 24.3 Å². The predicted octanol–water partition coefficient (Wildman–Crippen LogP) is 4.43. The topological polar surface area (TPSA) is 84.8 Å². The quantitative estimate of drug-likeness (QED) is 0.377. The minimum Gasteiger partial charge on any atom is -0.477 e. The van der Waals surface area contributed by atoms with Gasteiger partial charge in [-0.3, -0.25) is 14.7 Å². The molecule has 1 aliphatic heterocycles. The van der Waals surface area contributed by atoms with Crippen molar-refractivity contribution in [1.82, 2.24) is 29.7 Å². The lowest BCUT2D eigenvalue weighted by atomic mass is 9.89. The van der Waals surface area contributed by atoms with Crippen molar-refractivity contribution in [2.45, 2.75) is 32.0 Å². The van der Waals surface area contributed by atoms with E-state index in [0.717, 1.165) is 59.8 Å². The number of halogens is 1. The number of benzene rings is 1. The summed E-state index contributed by atoms with van der Waals surface area (Å²) >= 11 is 6.64. The number of amides is 1. The molecule has 1 unspecified atom stereocenters. The molecule has 10 heteroatoms. The van der Waals surface area contributed by atoms with Crippen molar-refractivity contribution in [3.05, 3.63) is 94.6 Å². The second-order valence-electron chi connectivity index (χ2n) is 10.7. The summed E-state index contributed by atoms with van der Waals surface area (Å²) in [4.78, 5) is 26.8. The van der Waals surface area contributed by atoms with E-state index in [1.807, 2.05) is 49.9 Å². The third-order valence-electron chi connectivity index (χ3n) is 7.51. The van der Waals surface area contributed by atoms with Gasteiger partial charge in [0, 0.05) is 51.6 Å². The maximum Gasteiger partial charge on any atom is 0.246 e. The Morgan fingerprint density at radius 1 is 1.22 bits per heavy atom. The normalized spacial score (nSPS) is 17.8. The Labute approximate surface area is 246 Å². The Morgan fingerprint density at radius 2 is 2.00 bits per heavy atom. The monoisotopic (exact) mass is 576 g/mol. The van der Waals surface area contributed by atoms with Crippen LogP contribution in [-0.2, 0) is 21.3 Å². The Balaban J connectivity index is 1.59. The molecule has 2 aromatic heterocycles. The van der Waals surface area contributed by atoms with Gasteiger partial charge in [0.15, 0.2) is 5.88 Å². The molecule has 5 rings (SSSR count). The van der Waals surface area contributed by atoms with Crippen molar-refractivity contribution in [2.75, 3.05) is 39.9 Å². The van der Waals surface area contributed by atoms with Gasteiger partial charge in [-0.1, -0.05) is 23.7 Å². The number of pyridine rings is 1. The van der Waals surface area contributed by atoms with Crippen LogP contribution in [0.4, 0.5) is 0 Å². The van der Waals surface area contributed by atoms with E-state index in [9.17, 15) is 4.79 Å². The maximum absolute atomic E-state index is 12.9. The highest BCUT2D eigenvalue weighted by Crippen LogP contribution is 2.44. The van der Waals surface area contributed by atoms with Gasteiger partial charge in [0.2, 0.25) is 5.91 Å². The first-order valence-electron chi connectivity index (χ1n) is 13.8. The van der Waals surface area contributed by atoms with Gasteiger partial charge in [-0.2, -0.15) is 0 Å². The number of imidazole rings is 1. The number of rotatable bonds is 9. The van der Waals surface area contributed by atoms with Crippen LogP contribution in [0.15, 0.2) is 61.5 Å². The largest absolute Gasteiger partial charge is 0.477 e. The summed E-state index contributed by atoms with van der Waals surface area (Å²) in [6, 6.07) is 9.41. The smallest absolute Gasteiger partial charge is 0.246 e.